The summed E-state index contributed by atoms with van der Waals surface area (Å²) in [7, 11) is 0. The molecule has 0 aliphatic rings. The van der Waals surface area contributed by atoms with E-state index in [-0.39, 0.29) is 12.4 Å². The molecule has 0 radical (unpaired) electrons. The van der Waals surface area contributed by atoms with E-state index in [1.165, 1.54) is 0 Å². The van der Waals surface area contributed by atoms with Crippen molar-refractivity contribution in [3.63, 3.8) is 0 Å². The van der Waals surface area contributed by atoms with Gasteiger partial charge in [0.15, 0.2) is 0 Å². The topological polar surface area (TPSA) is 66.2 Å². The number of aliphatic hydroxyl groups is 1. The molecule has 0 fully saturated rings. The van der Waals surface area contributed by atoms with Crippen LogP contribution < -0.4 is 0 Å². The van der Waals surface area contributed by atoms with Crippen molar-refractivity contribution in [3.05, 3.63) is 28.4 Å². The number of halogens is 1. The third kappa shape index (κ3) is 1.93. The van der Waals surface area contributed by atoms with Crippen LogP contribution in [0, 0.1) is 0 Å². The fraction of sp³-hybridized carbons (Fsp3) is 0.200. The lowest BCUT2D eigenvalue weighted by Crippen LogP contribution is -1.98. The SMILES string of the molecule is OCCc1nnc2cc(Br)ccc2c1O. The van der Waals surface area contributed by atoms with Gasteiger partial charge in [0.25, 0.3) is 0 Å². The van der Waals surface area contributed by atoms with E-state index in [4.69, 9.17) is 5.11 Å². The highest BCUT2D eigenvalue weighted by atomic mass is 79.9. The average Bonchev–Trinajstić information content (AvgIpc) is 2.22. The van der Waals surface area contributed by atoms with Crippen LogP contribution in [0.4, 0.5) is 0 Å². The van der Waals surface area contributed by atoms with Gasteiger partial charge in [0.05, 0.1) is 5.52 Å². The molecule has 4 nitrogen and oxygen atoms in total. The molecule has 0 unspecified atom stereocenters. The van der Waals surface area contributed by atoms with Gasteiger partial charge in [-0.2, -0.15) is 5.10 Å². The van der Waals surface area contributed by atoms with E-state index < -0.39 is 0 Å². The van der Waals surface area contributed by atoms with Crippen molar-refractivity contribution in [3.8, 4) is 5.75 Å². The Hall–Kier alpha value is -1.20. The average molecular weight is 269 g/mol. The molecule has 0 aliphatic heterocycles. The van der Waals surface area contributed by atoms with Gasteiger partial charge in [0.2, 0.25) is 0 Å². The van der Waals surface area contributed by atoms with Crippen LogP contribution in [0.15, 0.2) is 22.7 Å². The fourth-order valence-electron chi connectivity index (χ4n) is 1.38. The molecule has 0 saturated carbocycles. The summed E-state index contributed by atoms with van der Waals surface area (Å²) in [6.45, 7) is -0.0513. The third-order valence-electron chi connectivity index (χ3n) is 2.12. The van der Waals surface area contributed by atoms with Crippen LogP contribution in [0.25, 0.3) is 10.9 Å². The minimum Gasteiger partial charge on any atom is -0.505 e. The molecule has 0 spiro atoms. The minimum atomic E-state index is -0.0513. The van der Waals surface area contributed by atoms with Crippen LogP contribution in [0.5, 0.6) is 5.75 Å². The molecule has 0 amide bonds. The van der Waals surface area contributed by atoms with Gasteiger partial charge in [-0.3, -0.25) is 0 Å². The summed E-state index contributed by atoms with van der Waals surface area (Å²) in [4.78, 5) is 0. The maximum absolute atomic E-state index is 9.84. The highest BCUT2D eigenvalue weighted by Gasteiger charge is 2.08. The number of aliphatic hydroxyl groups excluding tert-OH is 1. The van der Waals surface area contributed by atoms with Gasteiger partial charge in [-0.25, -0.2) is 0 Å². The van der Waals surface area contributed by atoms with Crippen LogP contribution >= 0.6 is 15.9 Å². The van der Waals surface area contributed by atoms with E-state index in [1.807, 2.05) is 6.07 Å². The number of rotatable bonds is 2. The van der Waals surface area contributed by atoms with Crippen LogP contribution in [-0.2, 0) is 6.42 Å². The van der Waals surface area contributed by atoms with Gasteiger partial charge in [-0.1, -0.05) is 15.9 Å². The van der Waals surface area contributed by atoms with E-state index in [9.17, 15) is 5.11 Å². The number of aromatic nitrogens is 2. The van der Waals surface area contributed by atoms with Crippen LogP contribution in [-0.4, -0.2) is 27.0 Å². The van der Waals surface area contributed by atoms with Crippen LogP contribution in [0.1, 0.15) is 5.69 Å². The lowest BCUT2D eigenvalue weighted by molar-refractivity contribution is 0.295. The normalized spacial score (nSPS) is 10.8. The molecular formula is C10H9BrN2O2. The molecule has 15 heavy (non-hydrogen) atoms. The summed E-state index contributed by atoms with van der Waals surface area (Å²) in [5.74, 6) is 0.0987. The molecule has 1 aromatic carbocycles. The van der Waals surface area contributed by atoms with E-state index in [0.717, 1.165) is 4.47 Å². The zero-order valence-corrected chi connectivity index (χ0v) is 9.40. The van der Waals surface area contributed by atoms with E-state index >= 15 is 0 Å². The second-order valence-corrected chi connectivity index (χ2v) is 4.05. The second-order valence-electron chi connectivity index (χ2n) is 3.13. The van der Waals surface area contributed by atoms with Gasteiger partial charge in [-0.15, -0.1) is 5.10 Å². The Morgan fingerprint density at radius 2 is 2.07 bits per heavy atom. The zero-order valence-electron chi connectivity index (χ0n) is 7.81. The Morgan fingerprint density at radius 1 is 1.27 bits per heavy atom. The van der Waals surface area contributed by atoms with Crippen molar-refractivity contribution < 1.29 is 10.2 Å². The summed E-state index contributed by atoms with van der Waals surface area (Å²) >= 11 is 3.32. The number of hydrogen-bond donors (Lipinski definition) is 2. The van der Waals surface area contributed by atoms with Crippen molar-refractivity contribution in [2.75, 3.05) is 6.61 Å². The first-order chi connectivity index (χ1) is 7.22. The number of benzene rings is 1. The Labute approximate surface area is 94.7 Å². The van der Waals surface area contributed by atoms with Crippen molar-refractivity contribution in [1.82, 2.24) is 10.2 Å². The van der Waals surface area contributed by atoms with Gasteiger partial charge in [0, 0.05) is 22.9 Å². The van der Waals surface area contributed by atoms with Crippen molar-refractivity contribution >= 4 is 26.8 Å². The predicted molar refractivity (Wildman–Crippen MR) is 59.7 cm³/mol. The van der Waals surface area contributed by atoms with Crippen LogP contribution in [0.2, 0.25) is 0 Å². The predicted octanol–water partition coefficient (Wildman–Crippen LogP) is 1.63. The highest BCUT2D eigenvalue weighted by molar-refractivity contribution is 9.10. The van der Waals surface area contributed by atoms with Gasteiger partial charge in [-0.05, 0) is 18.2 Å². The van der Waals surface area contributed by atoms with Crippen molar-refractivity contribution in [1.29, 1.82) is 0 Å². The lowest BCUT2D eigenvalue weighted by atomic mass is 10.1. The van der Waals surface area contributed by atoms with Crippen molar-refractivity contribution in [2.24, 2.45) is 0 Å². The standard InChI is InChI=1S/C10H9BrN2O2/c11-6-1-2-7-9(5-6)13-12-8(3-4-14)10(7)15/h1-2,5,14H,3-4H2,(H,13,15). The number of hydrogen-bond acceptors (Lipinski definition) is 4. The molecule has 0 bridgehead atoms. The zero-order chi connectivity index (χ0) is 10.8. The molecule has 2 N–H and O–H groups in total. The summed E-state index contributed by atoms with van der Waals surface area (Å²) in [5, 5.41) is 27.1. The Bertz CT molecular complexity index is 502. The molecule has 0 atom stereocenters. The summed E-state index contributed by atoms with van der Waals surface area (Å²) in [6.07, 6.45) is 0.310. The smallest absolute Gasteiger partial charge is 0.148 e. The monoisotopic (exact) mass is 268 g/mol. The number of fused-ring (bicyclic) bond motifs is 1. The fourth-order valence-corrected chi connectivity index (χ4v) is 1.73. The molecule has 1 aromatic heterocycles. The first-order valence-corrected chi connectivity index (χ1v) is 5.26. The molecule has 0 saturated heterocycles. The Morgan fingerprint density at radius 3 is 2.80 bits per heavy atom. The molecular weight excluding hydrogens is 260 g/mol. The summed E-state index contributed by atoms with van der Waals surface area (Å²) in [5.41, 5.74) is 1.05. The molecule has 5 heteroatoms. The second kappa shape index (κ2) is 4.12. The number of nitrogens with zero attached hydrogens (tertiary/aromatic N) is 2. The number of aromatic hydroxyl groups is 1. The molecule has 2 rings (SSSR count). The van der Waals surface area contributed by atoms with E-state index in [2.05, 4.69) is 26.1 Å². The van der Waals surface area contributed by atoms with Gasteiger partial charge < -0.3 is 10.2 Å². The van der Waals surface area contributed by atoms with Gasteiger partial charge in [0.1, 0.15) is 11.4 Å². The molecule has 0 aliphatic carbocycles. The largest absolute Gasteiger partial charge is 0.505 e. The maximum atomic E-state index is 9.84. The van der Waals surface area contributed by atoms with Crippen molar-refractivity contribution in [2.45, 2.75) is 6.42 Å². The first kappa shape index (κ1) is 10.3. The Kier molecular flexibility index (Phi) is 2.83. The van der Waals surface area contributed by atoms with E-state index in [1.54, 1.807) is 12.1 Å². The van der Waals surface area contributed by atoms with E-state index in [0.29, 0.717) is 23.0 Å². The molecule has 2 aromatic rings. The lowest BCUT2D eigenvalue weighted by Gasteiger charge is -2.04. The first-order valence-electron chi connectivity index (χ1n) is 4.47. The Balaban J connectivity index is 2.63. The highest BCUT2D eigenvalue weighted by Crippen LogP contribution is 2.27. The quantitative estimate of drug-likeness (QED) is 0.869. The molecule has 1 heterocycles. The molecule has 78 valence electrons. The van der Waals surface area contributed by atoms with Crippen LogP contribution in [0.3, 0.4) is 0 Å². The summed E-state index contributed by atoms with van der Waals surface area (Å²) in [6, 6.07) is 5.38. The minimum absolute atomic E-state index is 0.0513. The summed E-state index contributed by atoms with van der Waals surface area (Å²) < 4.78 is 0.888. The maximum Gasteiger partial charge on any atom is 0.148 e. The van der Waals surface area contributed by atoms with Gasteiger partial charge >= 0.3 is 0 Å². The third-order valence-corrected chi connectivity index (χ3v) is 2.61.